The Hall–Kier alpha value is -1.98. The third kappa shape index (κ3) is 2.70. The number of nitriles is 1. The summed E-state index contributed by atoms with van der Waals surface area (Å²) in [5, 5.41) is 10.4. The first-order valence-corrected chi connectivity index (χ1v) is 11.6. The minimum absolute atomic E-state index is 0.131. The number of hydrogen-bond acceptors (Lipinski definition) is 3. The molecule has 1 unspecified atom stereocenters. The van der Waals surface area contributed by atoms with Gasteiger partial charge < -0.3 is 4.98 Å². The van der Waals surface area contributed by atoms with Crippen molar-refractivity contribution in [3.05, 3.63) is 64.6 Å². The summed E-state index contributed by atoms with van der Waals surface area (Å²) in [6.45, 7) is 6.52. The Morgan fingerprint density at radius 1 is 1.23 bits per heavy atom. The molecule has 0 aliphatic rings. The van der Waals surface area contributed by atoms with Gasteiger partial charge in [0.2, 0.25) is 0 Å². The smallest absolute Gasteiger partial charge is 0.114 e. The van der Waals surface area contributed by atoms with Crippen LogP contribution in [0, 0.1) is 25.2 Å². The van der Waals surface area contributed by atoms with Gasteiger partial charge in [-0.05, 0) is 54.8 Å². The number of halogens is 1. The molecule has 6 heteroatoms. The summed E-state index contributed by atoms with van der Waals surface area (Å²) in [5.41, 5.74) is 7.57. The third-order valence-electron chi connectivity index (χ3n) is 4.92. The summed E-state index contributed by atoms with van der Waals surface area (Å²) >= 11 is 2.31. The van der Waals surface area contributed by atoms with Gasteiger partial charge in [0, 0.05) is 47.8 Å². The van der Waals surface area contributed by atoms with Gasteiger partial charge in [0.1, 0.15) is 5.82 Å². The number of fused-ring (bicyclic) bond motifs is 2. The molecule has 0 bridgehead atoms. The lowest BCUT2D eigenvalue weighted by atomic mass is 9.91. The maximum Gasteiger partial charge on any atom is 0.114 e. The first-order valence-electron chi connectivity index (χ1n) is 8.33. The number of hydrogen-bond donors (Lipinski definition) is 1. The molecule has 1 atom stereocenters. The molecule has 4 aromatic rings. The van der Waals surface area contributed by atoms with Crippen molar-refractivity contribution >= 4 is 52.3 Å². The summed E-state index contributed by atoms with van der Waals surface area (Å²) in [6.07, 6.45) is 2.13. The Labute approximate surface area is 168 Å². The second kappa shape index (κ2) is 6.63. The Kier molecular flexibility index (Phi) is 4.45. The molecule has 4 rings (SSSR count). The van der Waals surface area contributed by atoms with E-state index in [0.717, 1.165) is 16.9 Å². The van der Waals surface area contributed by atoms with Crippen LogP contribution in [0.5, 0.6) is 0 Å². The van der Waals surface area contributed by atoms with E-state index in [9.17, 15) is 0 Å². The van der Waals surface area contributed by atoms with Crippen molar-refractivity contribution in [1.82, 2.24) is 13.9 Å². The maximum absolute atomic E-state index is 9.11. The lowest BCUT2D eigenvalue weighted by Gasteiger charge is -2.16. The van der Waals surface area contributed by atoms with Crippen LogP contribution in [0.2, 0.25) is 0 Å². The zero-order chi connectivity index (χ0) is 18.4. The van der Waals surface area contributed by atoms with Crippen molar-refractivity contribution in [2.24, 2.45) is 0 Å². The van der Waals surface area contributed by atoms with Crippen LogP contribution < -0.4 is 0 Å². The standard InChI is InChI=1S/C20H17IN4S/c1-11-8-12(2)19-15(6-7-25(19)26-21)18(11)13(3)20-23-16-5-4-14(10-22)9-17(16)24-20/h4-9,13H,1-3H3,(H,23,24). The fourth-order valence-corrected chi connectivity index (χ4v) is 5.18. The highest BCUT2D eigenvalue weighted by Gasteiger charge is 2.20. The molecule has 0 saturated carbocycles. The van der Waals surface area contributed by atoms with Crippen LogP contribution in [0.25, 0.3) is 21.9 Å². The molecule has 0 fully saturated rings. The van der Waals surface area contributed by atoms with Crippen LogP contribution in [-0.4, -0.2) is 13.9 Å². The second-order valence-electron chi connectivity index (χ2n) is 6.58. The van der Waals surface area contributed by atoms with Crippen LogP contribution in [0.15, 0.2) is 36.5 Å². The van der Waals surface area contributed by atoms with E-state index in [4.69, 9.17) is 10.2 Å². The van der Waals surface area contributed by atoms with E-state index in [1.165, 1.54) is 27.6 Å². The van der Waals surface area contributed by atoms with Gasteiger partial charge in [-0.3, -0.25) is 3.97 Å². The van der Waals surface area contributed by atoms with Crippen molar-refractivity contribution in [2.45, 2.75) is 26.7 Å². The van der Waals surface area contributed by atoms with E-state index in [0.29, 0.717) is 5.56 Å². The molecule has 130 valence electrons. The van der Waals surface area contributed by atoms with Crippen molar-refractivity contribution in [3.8, 4) is 6.07 Å². The summed E-state index contributed by atoms with van der Waals surface area (Å²) < 4.78 is 2.21. The van der Waals surface area contributed by atoms with E-state index in [1.807, 2.05) is 18.2 Å². The molecular formula is C20H17IN4S. The lowest BCUT2D eigenvalue weighted by Crippen LogP contribution is -2.03. The molecule has 0 saturated heterocycles. The molecule has 0 aliphatic carbocycles. The minimum Gasteiger partial charge on any atom is -0.341 e. The highest BCUT2D eigenvalue weighted by Crippen LogP contribution is 2.37. The Morgan fingerprint density at radius 2 is 2.04 bits per heavy atom. The third-order valence-corrected chi connectivity index (χ3v) is 6.65. The zero-order valence-corrected chi connectivity index (χ0v) is 17.6. The van der Waals surface area contributed by atoms with Crippen molar-refractivity contribution in [3.63, 3.8) is 0 Å². The monoisotopic (exact) mass is 472 g/mol. The molecule has 2 aromatic heterocycles. The average Bonchev–Trinajstić information content (AvgIpc) is 3.24. The first kappa shape index (κ1) is 17.4. The van der Waals surface area contributed by atoms with Crippen molar-refractivity contribution in [2.75, 3.05) is 0 Å². The molecule has 26 heavy (non-hydrogen) atoms. The summed E-state index contributed by atoms with van der Waals surface area (Å²) in [5.74, 6) is 1.06. The maximum atomic E-state index is 9.11. The SMILES string of the molecule is Cc1cc(C)c2c(ccn2SI)c1C(C)c1nc2ccc(C#N)cc2[nH]1. The molecule has 0 aliphatic heterocycles. The van der Waals surface area contributed by atoms with Gasteiger partial charge >= 0.3 is 0 Å². The van der Waals surface area contributed by atoms with E-state index < -0.39 is 0 Å². The Morgan fingerprint density at radius 3 is 2.77 bits per heavy atom. The van der Waals surface area contributed by atoms with Crippen LogP contribution in [0.1, 0.15) is 40.9 Å². The predicted molar refractivity (Wildman–Crippen MR) is 117 cm³/mol. The van der Waals surface area contributed by atoms with E-state index >= 15 is 0 Å². The normalized spacial score (nSPS) is 12.6. The number of imidazole rings is 1. The van der Waals surface area contributed by atoms with Gasteiger partial charge in [-0.1, -0.05) is 13.0 Å². The number of aromatic amines is 1. The van der Waals surface area contributed by atoms with Crippen molar-refractivity contribution < 1.29 is 0 Å². The van der Waals surface area contributed by atoms with Crippen molar-refractivity contribution in [1.29, 1.82) is 5.26 Å². The number of rotatable bonds is 3. The minimum atomic E-state index is 0.131. The van der Waals surface area contributed by atoms with Gasteiger partial charge in [0.25, 0.3) is 0 Å². The number of aryl methyl sites for hydroxylation is 2. The number of nitrogens with one attached hydrogen (secondary N) is 1. The van der Waals surface area contributed by atoms with E-state index in [1.54, 1.807) is 9.12 Å². The predicted octanol–water partition coefficient (Wildman–Crippen LogP) is 6.00. The highest BCUT2D eigenvalue weighted by molar-refractivity contribution is 14.2. The summed E-state index contributed by atoms with van der Waals surface area (Å²) in [6, 6.07) is 12.2. The van der Waals surface area contributed by atoms with Gasteiger partial charge in [-0.25, -0.2) is 4.98 Å². The van der Waals surface area contributed by atoms with Gasteiger partial charge in [-0.2, -0.15) is 5.26 Å². The molecular weight excluding hydrogens is 455 g/mol. The van der Waals surface area contributed by atoms with Gasteiger partial charge in [0.05, 0.1) is 28.2 Å². The average molecular weight is 472 g/mol. The topological polar surface area (TPSA) is 57.4 Å². The number of benzene rings is 2. The lowest BCUT2D eigenvalue weighted by molar-refractivity contribution is 0.845. The van der Waals surface area contributed by atoms with Crippen LogP contribution in [0.3, 0.4) is 0 Å². The fourth-order valence-electron chi connectivity index (χ4n) is 3.77. The Balaban J connectivity index is 1.90. The second-order valence-corrected chi connectivity index (χ2v) is 8.30. The molecule has 2 aromatic carbocycles. The van der Waals surface area contributed by atoms with Crippen LogP contribution in [-0.2, 0) is 0 Å². The summed E-state index contributed by atoms with van der Waals surface area (Å²) in [4.78, 5) is 8.20. The first-order chi connectivity index (χ1) is 12.5. The fraction of sp³-hybridized carbons (Fsp3) is 0.200. The number of nitrogens with zero attached hydrogens (tertiary/aromatic N) is 3. The summed E-state index contributed by atoms with van der Waals surface area (Å²) in [7, 11) is 1.68. The van der Waals surface area contributed by atoms with E-state index in [-0.39, 0.29) is 5.92 Å². The Bertz CT molecular complexity index is 1180. The highest BCUT2D eigenvalue weighted by atomic mass is 127. The molecule has 2 heterocycles. The number of H-pyrrole nitrogens is 1. The molecule has 0 spiro atoms. The molecule has 4 nitrogen and oxygen atoms in total. The molecule has 1 N–H and O–H groups in total. The van der Waals surface area contributed by atoms with Crippen LogP contribution >= 0.6 is 30.3 Å². The molecule has 0 amide bonds. The van der Waals surface area contributed by atoms with E-state index in [2.05, 4.69) is 75.3 Å². The zero-order valence-electron chi connectivity index (χ0n) is 14.7. The molecule has 0 radical (unpaired) electrons. The van der Waals surface area contributed by atoms with Gasteiger partial charge in [0.15, 0.2) is 0 Å². The quantitative estimate of drug-likeness (QED) is 0.372. The van der Waals surface area contributed by atoms with Crippen LogP contribution in [0.4, 0.5) is 0 Å². The number of aromatic nitrogens is 3. The largest absolute Gasteiger partial charge is 0.341 e. The van der Waals surface area contributed by atoms with Gasteiger partial charge in [-0.15, -0.1) is 0 Å².